The van der Waals surface area contributed by atoms with Crippen molar-refractivity contribution in [3.05, 3.63) is 12.2 Å². The average molecular weight is 151 g/mol. The summed E-state index contributed by atoms with van der Waals surface area (Å²) in [5, 5.41) is 2.72. The molecule has 2 aliphatic rings. The van der Waals surface area contributed by atoms with Crippen LogP contribution in [-0.4, -0.2) is 13.0 Å². The zero-order valence-electron chi connectivity index (χ0n) is 6.71. The van der Waals surface area contributed by atoms with Gasteiger partial charge in [0.15, 0.2) is 0 Å². The van der Waals surface area contributed by atoms with Gasteiger partial charge in [0.25, 0.3) is 0 Å². The quantitative estimate of drug-likeness (QED) is 0.555. The monoisotopic (exact) mass is 151 g/mol. The number of carbonyl (C=O) groups is 1. The molecule has 2 nitrogen and oxygen atoms in total. The van der Waals surface area contributed by atoms with Crippen molar-refractivity contribution in [3.8, 4) is 0 Å². The maximum Gasteiger partial charge on any atom is 0.223 e. The van der Waals surface area contributed by atoms with Gasteiger partial charge >= 0.3 is 0 Å². The van der Waals surface area contributed by atoms with Gasteiger partial charge in [-0.2, -0.15) is 0 Å². The van der Waals surface area contributed by atoms with Crippen molar-refractivity contribution in [2.24, 2.45) is 17.8 Å². The Balaban J connectivity index is 2.08. The van der Waals surface area contributed by atoms with Crippen LogP contribution >= 0.6 is 0 Å². The van der Waals surface area contributed by atoms with E-state index in [1.807, 2.05) is 0 Å². The molecule has 3 atom stereocenters. The summed E-state index contributed by atoms with van der Waals surface area (Å²) in [5.41, 5.74) is 0. The molecule has 11 heavy (non-hydrogen) atoms. The Morgan fingerprint density at radius 1 is 1.45 bits per heavy atom. The molecule has 1 fully saturated rings. The van der Waals surface area contributed by atoms with Crippen molar-refractivity contribution in [3.63, 3.8) is 0 Å². The molecule has 0 unspecified atom stereocenters. The van der Waals surface area contributed by atoms with Crippen molar-refractivity contribution >= 4 is 5.91 Å². The van der Waals surface area contributed by atoms with Crippen LogP contribution in [0.25, 0.3) is 0 Å². The molecule has 60 valence electrons. The molecule has 1 amide bonds. The van der Waals surface area contributed by atoms with Gasteiger partial charge < -0.3 is 5.32 Å². The largest absolute Gasteiger partial charge is 0.359 e. The maximum atomic E-state index is 11.3. The third-order valence-electron chi connectivity index (χ3n) is 2.86. The number of nitrogens with one attached hydrogen (secondary N) is 1. The highest BCUT2D eigenvalue weighted by atomic mass is 16.1. The molecule has 1 N–H and O–H groups in total. The van der Waals surface area contributed by atoms with Gasteiger partial charge in [0.2, 0.25) is 5.91 Å². The van der Waals surface area contributed by atoms with Crippen LogP contribution in [-0.2, 0) is 4.79 Å². The van der Waals surface area contributed by atoms with E-state index in [4.69, 9.17) is 0 Å². The predicted molar refractivity (Wildman–Crippen MR) is 42.9 cm³/mol. The average Bonchev–Trinajstić information content (AvgIpc) is 2.62. The topological polar surface area (TPSA) is 29.1 Å². The van der Waals surface area contributed by atoms with Crippen LogP contribution < -0.4 is 5.32 Å². The summed E-state index contributed by atoms with van der Waals surface area (Å²) in [6, 6.07) is 0. The number of hydrogen-bond acceptors (Lipinski definition) is 1. The predicted octanol–water partition coefficient (Wildman–Crippen LogP) is 0.945. The van der Waals surface area contributed by atoms with Crippen LogP contribution in [0.5, 0.6) is 0 Å². The summed E-state index contributed by atoms with van der Waals surface area (Å²) in [4.78, 5) is 11.3. The van der Waals surface area contributed by atoms with Crippen LogP contribution in [0.2, 0.25) is 0 Å². The molecular weight excluding hydrogens is 138 g/mol. The lowest BCUT2D eigenvalue weighted by Gasteiger charge is -2.15. The second kappa shape index (κ2) is 2.36. The van der Waals surface area contributed by atoms with Crippen molar-refractivity contribution in [2.75, 3.05) is 7.05 Å². The Morgan fingerprint density at radius 2 is 2.27 bits per heavy atom. The number of fused-ring (bicyclic) bond motifs is 2. The summed E-state index contributed by atoms with van der Waals surface area (Å²) in [6.45, 7) is 0. The van der Waals surface area contributed by atoms with Gasteiger partial charge in [-0.25, -0.2) is 0 Å². The first-order valence-corrected chi connectivity index (χ1v) is 4.21. The minimum Gasteiger partial charge on any atom is -0.359 e. The minimum absolute atomic E-state index is 0.224. The highest BCUT2D eigenvalue weighted by molar-refractivity contribution is 5.79. The lowest BCUT2D eigenvalue weighted by Crippen LogP contribution is -2.29. The van der Waals surface area contributed by atoms with Crippen molar-refractivity contribution in [1.82, 2.24) is 5.32 Å². The minimum atomic E-state index is 0.224. The van der Waals surface area contributed by atoms with E-state index < -0.39 is 0 Å². The standard InChI is InChI=1S/C9H13NO/c1-10-9(11)8-5-6-2-3-7(8)4-6/h2-3,6-8H,4-5H2,1H3,(H,10,11)/t6-,7+,8-/m0/s1. The molecule has 0 radical (unpaired) electrons. The van der Waals surface area contributed by atoms with Gasteiger partial charge in [-0.15, -0.1) is 0 Å². The molecule has 0 spiro atoms. The third-order valence-corrected chi connectivity index (χ3v) is 2.86. The van der Waals surface area contributed by atoms with E-state index in [2.05, 4.69) is 17.5 Å². The van der Waals surface area contributed by atoms with Gasteiger partial charge in [0.05, 0.1) is 0 Å². The second-order valence-corrected chi connectivity index (χ2v) is 3.50. The van der Waals surface area contributed by atoms with Crippen molar-refractivity contribution in [1.29, 1.82) is 0 Å². The summed E-state index contributed by atoms with van der Waals surface area (Å²) in [5.74, 6) is 1.74. The van der Waals surface area contributed by atoms with Gasteiger partial charge in [-0.1, -0.05) is 12.2 Å². The number of carbonyl (C=O) groups excluding carboxylic acids is 1. The number of rotatable bonds is 1. The lowest BCUT2D eigenvalue weighted by atomic mass is 9.93. The van der Waals surface area contributed by atoms with E-state index in [1.54, 1.807) is 7.05 Å². The summed E-state index contributed by atoms with van der Waals surface area (Å²) >= 11 is 0. The van der Waals surface area contributed by atoms with Crippen LogP contribution in [0.4, 0.5) is 0 Å². The normalized spacial score (nSPS) is 39.5. The second-order valence-electron chi connectivity index (χ2n) is 3.50. The molecule has 0 aromatic carbocycles. The van der Waals surface area contributed by atoms with Crippen LogP contribution in [0, 0.1) is 17.8 Å². The molecule has 2 rings (SSSR count). The molecule has 0 heterocycles. The van der Waals surface area contributed by atoms with Gasteiger partial charge in [0, 0.05) is 13.0 Å². The van der Waals surface area contributed by atoms with Crippen LogP contribution in [0.15, 0.2) is 12.2 Å². The zero-order chi connectivity index (χ0) is 7.84. The van der Waals surface area contributed by atoms with E-state index in [0.717, 1.165) is 6.42 Å². The summed E-state index contributed by atoms with van der Waals surface area (Å²) < 4.78 is 0. The Morgan fingerprint density at radius 3 is 2.73 bits per heavy atom. The molecule has 0 saturated heterocycles. The number of allylic oxidation sites excluding steroid dienone is 2. The van der Waals surface area contributed by atoms with E-state index >= 15 is 0 Å². The molecule has 2 heteroatoms. The molecular formula is C9H13NO. The van der Waals surface area contributed by atoms with Gasteiger partial charge in [-0.05, 0) is 24.7 Å². The fraction of sp³-hybridized carbons (Fsp3) is 0.667. The Hall–Kier alpha value is -0.790. The van der Waals surface area contributed by atoms with Crippen LogP contribution in [0.1, 0.15) is 12.8 Å². The SMILES string of the molecule is CNC(=O)[C@H]1C[C@H]2C=C[C@@H]1C2. The number of hydrogen-bond donors (Lipinski definition) is 1. The summed E-state index contributed by atoms with van der Waals surface area (Å²) in [7, 11) is 1.72. The van der Waals surface area contributed by atoms with E-state index in [9.17, 15) is 4.79 Å². The molecule has 2 bridgehead atoms. The first-order chi connectivity index (χ1) is 5.31. The van der Waals surface area contributed by atoms with Gasteiger partial charge in [0.1, 0.15) is 0 Å². The number of amides is 1. The van der Waals surface area contributed by atoms with Crippen molar-refractivity contribution < 1.29 is 4.79 Å². The van der Waals surface area contributed by atoms with E-state index in [1.165, 1.54) is 6.42 Å². The summed E-state index contributed by atoms with van der Waals surface area (Å²) in [6.07, 6.45) is 6.73. The highest BCUT2D eigenvalue weighted by Gasteiger charge is 2.39. The zero-order valence-corrected chi connectivity index (χ0v) is 6.71. The Labute approximate surface area is 66.7 Å². The first kappa shape index (κ1) is 6.89. The van der Waals surface area contributed by atoms with Gasteiger partial charge in [-0.3, -0.25) is 4.79 Å². The molecule has 2 aliphatic carbocycles. The molecule has 0 aromatic rings. The fourth-order valence-corrected chi connectivity index (χ4v) is 2.27. The lowest BCUT2D eigenvalue weighted by molar-refractivity contribution is -0.125. The molecule has 0 aromatic heterocycles. The fourth-order valence-electron chi connectivity index (χ4n) is 2.27. The van der Waals surface area contributed by atoms with E-state index in [0.29, 0.717) is 11.8 Å². The maximum absolute atomic E-state index is 11.3. The van der Waals surface area contributed by atoms with E-state index in [-0.39, 0.29) is 11.8 Å². The Kier molecular flexibility index (Phi) is 1.48. The molecule has 1 saturated carbocycles. The highest BCUT2D eigenvalue weighted by Crippen LogP contribution is 2.43. The third kappa shape index (κ3) is 0.971. The van der Waals surface area contributed by atoms with Crippen molar-refractivity contribution in [2.45, 2.75) is 12.8 Å². The van der Waals surface area contributed by atoms with Crippen LogP contribution in [0.3, 0.4) is 0 Å². The first-order valence-electron chi connectivity index (χ1n) is 4.21. The molecule has 0 aliphatic heterocycles. The Bertz CT molecular complexity index is 210. The smallest absolute Gasteiger partial charge is 0.223 e.